The van der Waals surface area contributed by atoms with E-state index >= 15 is 0 Å². The van der Waals surface area contributed by atoms with Crippen molar-refractivity contribution in [1.29, 1.82) is 0 Å². The molecule has 1 N–H and O–H groups in total. The van der Waals surface area contributed by atoms with Crippen LogP contribution in [0.5, 0.6) is 0 Å². The molecular formula is C12H15BrClNO2. The van der Waals surface area contributed by atoms with Crippen LogP contribution in [0.2, 0.25) is 5.02 Å². The molecule has 1 atom stereocenters. The smallest absolute Gasteiger partial charge is 0.256 e. The Morgan fingerprint density at radius 2 is 2.24 bits per heavy atom. The highest BCUT2D eigenvalue weighted by Crippen LogP contribution is 2.26. The van der Waals surface area contributed by atoms with Gasteiger partial charge in [0.1, 0.15) is 5.60 Å². The van der Waals surface area contributed by atoms with Crippen LogP contribution >= 0.6 is 27.5 Å². The van der Waals surface area contributed by atoms with Crippen LogP contribution in [0.4, 0.5) is 5.69 Å². The molecule has 0 saturated carbocycles. The van der Waals surface area contributed by atoms with Crippen molar-refractivity contribution in [2.24, 2.45) is 0 Å². The Morgan fingerprint density at radius 3 is 2.71 bits per heavy atom. The number of benzene rings is 1. The summed E-state index contributed by atoms with van der Waals surface area (Å²) in [5, 5.41) is 3.34. The number of hydrogen-bond donors (Lipinski definition) is 1. The molecule has 5 heteroatoms. The number of rotatable bonds is 4. The van der Waals surface area contributed by atoms with Gasteiger partial charge in [0.15, 0.2) is 0 Å². The zero-order chi connectivity index (χ0) is 13.1. The molecule has 0 heterocycles. The van der Waals surface area contributed by atoms with Crippen LogP contribution in [0.25, 0.3) is 0 Å². The Balaban J connectivity index is 2.84. The van der Waals surface area contributed by atoms with Crippen molar-refractivity contribution < 1.29 is 9.53 Å². The third-order valence-corrected chi connectivity index (χ3v) is 4.02. The van der Waals surface area contributed by atoms with E-state index in [4.69, 9.17) is 16.3 Å². The number of hydrogen-bond acceptors (Lipinski definition) is 2. The molecule has 0 aromatic heterocycles. The molecule has 0 radical (unpaired) electrons. The molecule has 0 saturated heterocycles. The summed E-state index contributed by atoms with van der Waals surface area (Å²) >= 11 is 9.24. The van der Waals surface area contributed by atoms with E-state index < -0.39 is 5.60 Å². The van der Waals surface area contributed by atoms with Gasteiger partial charge >= 0.3 is 0 Å². The van der Waals surface area contributed by atoms with Crippen molar-refractivity contribution in [1.82, 2.24) is 0 Å². The number of carbonyl (C=O) groups is 1. The lowest BCUT2D eigenvalue weighted by Crippen LogP contribution is -2.41. The number of carbonyl (C=O) groups excluding carboxylic acids is 1. The molecule has 1 unspecified atom stereocenters. The molecule has 0 aliphatic rings. The summed E-state index contributed by atoms with van der Waals surface area (Å²) in [4.78, 5) is 12.0. The lowest BCUT2D eigenvalue weighted by Gasteiger charge is -2.25. The first-order chi connectivity index (χ1) is 7.92. The van der Waals surface area contributed by atoms with Crippen LogP contribution in [0, 0.1) is 0 Å². The molecule has 0 aliphatic carbocycles. The third-order valence-electron chi connectivity index (χ3n) is 2.78. The summed E-state index contributed by atoms with van der Waals surface area (Å²) < 4.78 is 6.01. The summed E-state index contributed by atoms with van der Waals surface area (Å²) in [5.41, 5.74) is -0.167. The van der Waals surface area contributed by atoms with Crippen molar-refractivity contribution >= 4 is 39.1 Å². The Morgan fingerprint density at radius 1 is 1.59 bits per heavy atom. The van der Waals surface area contributed by atoms with Gasteiger partial charge < -0.3 is 10.1 Å². The summed E-state index contributed by atoms with van der Waals surface area (Å²) in [5.74, 6) is -0.180. The van der Waals surface area contributed by atoms with Gasteiger partial charge in [0, 0.05) is 17.3 Å². The summed E-state index contributed by atoms with van der Waals surface area (Å²) in [7, 11) is 1.53. The Hall–Kier alpha value is -0.580. The van der Waals surface area contributed by atoms with Gasteiger partial charge in [-0.25, -0.2) is 0 Å². The molecule has 1 aromatic rings. The number of halogens is 2. The third kappa shape index (κ3) is 3.44. The first-order valence-electron chi connectivity index (χ1n) is 5.24. The normalized spacial score (nSPS) is 14.2. The largest absolute Gasteiger partial charge is 0.369 e. The molecule has 0 bridgehead atoms. The van der Waals surface area contributed by atoms with E-state index in [1.807, 2.05) is 6.92 Å². The minimum atomic E-state index is -0.820. The second-order valence-electron chi connectivity index (χ2n) is 3.87. The predicted molar refractivity (Wildman–Crippen MR) is 73.5 cm³/mol. The fourth-order valence-electron chi connectivity index (χ4n) is 1.23. The number of amides is 1. The zero-order valence-corrected chi connectivity index (χ0v) is 12.4. The van der Waals surface area contributed by atoms with Crippen molar-refractivity contribution in [2.75, 3.05) is 12.4 Å². The van der Waals surface area contributed by atoms with Crippen LogP contribution in [-0.2, 0) is 9.53 Å². The first kappa shape index (κ1) is 14.5. The Kier molecular flexibility index (Phi) is 4.98. The Labute approximate surface area is 115 Å². The van der Waals surface area contributed by atoms with Crippen molar-refractivity contribution in [3.05, 3.63) is 27.7 Å². The SMILES string of the molecule is CCC(C)(OC)C(=O)Nc1ccc(Br)c(Cl)c1. The molecular weight excluding hydrogens is 305 g/mol. The number of methoxy groups -OCH3 is 1. The molecule has 1 amide bonds. The van der Waals surface area contributed by atoms with Crippen LogP contribution in [0.15, 0.2) is 22.7 Å². The minimum absolute atomic E-state index is 0.180. The maximum Gasteiger partial charge on any atom is 0.256 e. The molecule has 3 nitrogen and oxygen atoms in total. The lowest BCUT2D eigenvalue weighted by atomic mass is 10.0. The standard InChI is InChI=1S/C12H15BrClNO2/c1-4-12(2,17-3)11(16)15-8-5-6-9(13)10(14)7-8/h5-7H,4H2,1-3H3,(H,15,16). The second-order valence-corrected chi connectivity index (χ2v) is 5.13. The van der Waals surface area contributed by atoms with Crippen LogP contribution in [0.1, 0.15) is 20.3 Å². The first-order valence-corrected chi connectivity index (χ1v) is 6.41. The molecule has 0 aliphatic heterocycles. The molecule has 1 rings (SSSR count). The maximum absolute atomic E-state index is 12.0. The quantitative estimate of drug-likeness (QED) is 0.915. The average molecular weight is 321 g/mol. The highest BCUT2D eigenvalue weighted by Gasteiger charge is 2.30. The van der Waals surface area contributed by atoms with E-state index in [0.717, 1.165) is 4.47 Å². The van der Waals surface area contributed by atoms with Gasteiger partial charge in [0.2, 0.25) is 0 Å². The number of ether oxygens (including phenoxy) is 1. The second kappa shape index (κ2) is 5.85. The molecule has 0 fully saturated rings. The highest BCUT2D eigenvalue weighted by atomic mass is 79.9. The van der Waals surface area contributed by atoms with Crippen molar-refractivity contribution in [3.63, 3.8) is 0 Å². The fraction of sp³-hybridized carbons (Fsp3) is 0.417. The van der Waals surface area contributed by atoms with Gasteiger partial charge in [-0.15, -0.1) is 0 Å². The lowest BCUT2D eigenvalue weighted by molar-refractivity contribution is -0.136. The molecule has 0 spiro atoms. The zero-order valence-electron chi connectivity index (χ0n) is 10.0. The van der Waals surface area contributed by atoms with Crippen LogP contribution < -0.4 is 5.32 Å². The van der Waals surface area contributed by atoms with Gasteiger partial charge in [0.25, 0.3) is 5.91 Å². The summed E-state index contributed by atoms with van der Waals surface area (Å²) in [6.07, 6.45) is 0.597. The predicted octanol–water partition coefficient (Wildman–Crippen LogP) is 3.86. The van der Waals surface area contributed by atoms with Gasteiger partial charge in [-0.1, -0.05) is 18.5 Å². The van der Waals surface area contributed by atoms with Crippen LogP contribution in [0.3, 0.4) is 0 Å². The molecule has 17 heavy (non-hydrogen) atoms. The monoisotopic (exact) mass is 319 g/mol. The van der Waals surface area contributed by atoms with Gasteiger partial charge in [-0.3, -0.25) is 4.79 Å². The fourth-order valence-corrected chi connectivity index (χ4v) is 1.66. The topological polar surface area (TPSA) is 38.3 Å². The van der Waals surface area contributed by atoms with Crippen molar-refractivity contribution in [3.8, 4) is 0 Å². The van der Waals surface area contributed by atoms with E-state index in [9.17, 15) is 4.79 Å². The summed E-state index contributed by atoms with van der Waals surface area (Å²) in [6, 6.07) is 5.25. The van der Waals surface area contributed by atoms with Crippen LogP contribution in [-0.4, -0.2) is 18.6 Å². The van der Waals surface area contributed by atoms with E-state index in [0.29, 0.717) is 17.1 Å². The van der Waals surface area contributed by atoms with E-state index in [1.54, 1.807) is 25.1 Å². The van der Waals surface area contributed by atoms with Gasteiger partial charge in [-0.05, 0) is 47.5 Å². The van der Waals surface area contributed by atoms with Crippen molar-refractivity contribution in [2.45, 2.75) is 25.9 Å². The Bertz CT molecular complexity index is 419. The maximum atomic E-state index is 12.0. The molecule has 94 valence electrons. The number of nitrogens with one attached hydrogen (secondary N) is 1. The van der Waals surface area contributed by atoms with E-state index in [1.165, 1.54) is 7.11 Å². The minimum Gasteiger partial charge on any atom is -0.369 e. The van der Waals surface area contributed by atoms with E-state index in [-0.39, 0.29) is 5.91 Å². The van der Waals surface area contributed by atoms with E-state index in [2.05, 4.69) is 21.2 Å². The average Bonchev–Trinajstić information content (AvgIpc) is 2.32. The van der Waals surface area contributed by atoms with Gasteiger partial charge in [0.05, 0.1) is 5.02 Å². The highest BCUT2D eigenvalue weighted by molar-refractivity contribution is 9.10. The van der Waals surface area contributed by atoms with Gasteiger partial charge in [-0.2, -0.15) is 0 Å². The number of anilines is 1. The molecule has 1 aromatic carbocycles. The summed E-state index contributed by atoms with van der Waals surface area (Å²) in [6.45, 7) is 3.65.